The van der Waals surface area contributed by atoms with Gasteiger partial charge in [0.05, 0.1) is 5.69 Å². The van der Waals surface area contributed by atoms with Gasteiger partial charge in [0.15, 0.2) is 0 Å². The largest absolute Gasteiger partial charge is 0.304 e. The maximum Gasteiger partial charge on any atom is 0.106 e. The van der Waals surface area contributed by atoms with Gasteiger partial charge in [-0.15, -0.1) is 11.3 Å². The van der Waals surface area contributed by atoms with Gasteiger partial charge in [-0.2, -0.15) is 5.10 Å². The molecule has 2 heterocycles. The van der Waals surface area contributed by atoms with Crippen molar-refractivity contribution >= 4 is 11.3 Å². The van der Waals surface area contributed by atoms with Crippen LogP contribution in [0.15, 0.2) is 11.6 Å². The van der Waals surface area contributed by atoms with Crippen molar-refractivity contribution in [1.29, 1.82) is 0 Å². The van der Waals surface area contributed by atoms with Gasteiger partial charge >= 0.3 is 0 Å². The highest BCUT2D eigenvalue weighted by atomic mass is 32.1. The van der Waals surface area contributed by atoms with Crippen molar-refractivity contribution in [2.45, 2.75) is 46.8 Å². The third kappa shape index (κ3) is 2.62. The molecule has 0 saturated heterocycles. The Morgan fingerprint density at radius 2 is 2.22 bits per heavy atom. The summed E-state index contributed by atoms with van der Waals surface area (Å²) in [7, 11) is 0. The Balaban J connectivity index is 2.08. The topological polar surface area (TPSA) is 42.7 Å². The van der Waals surface area contributed by atoms with Crippen LogP contribution in [-0.2, 0) is 13.1 Å². The summed E-state index contributed by atoms with van der Waals surface area (Å²) >= 11 is 1.68. The molecule has 0 aliphatic heterocycles. The van der Waals surface area contributed by atoms with Crippen molar-refractivity contribution in [2.24, 2.45) is 0 Å². The molecule has 2 rings (SSSR count). The lowest BCUT2D eigenvalue weighted by atomic mass is 10.1. The summed E-state index contributed by atoms with van der Waals surface area (Å²) in [4.78, 5) is 4.28. The third-order valence-corrected chi connectivity index (χ3v) is 3.99. The Kier molecular flexibility index (Phi) is 4.14. The predicted octanol–water partition coefficient (Wildman–Crippen LogP) is 2.83. The van der Waals surface area contributed by atoms with E-state index in [0.29, 0.717) is 6.04 Å². The molecule has 0 saturated carbocycles. The summed E-state index contributed by atoms with van der Waals surface area (Å²) in [6, 6.07) is 0.300. The maximum atomic E-state index is 4.56. The maximum absolute atomic E-state index is 4.56. The lowest BCUT2D eigenvalue weighted by molar-refractivity contribution is 0.565. The minimum Gasteiger partial charge on any atom is -0.304 e. The average molecular weight is 264 g/mol. The molecule has 0 radical (unpaired) electrons. The standard InChI is InChI=1S/C13H20N4S/c1-5-17-11(4)13(10(3)16-17)9(2)15-8-12-14-6-7-18-12/h6-7,9,15H,5,8H2,1-4H3. The number of hydrogen-bond donors (Lipinski definition) is 1. The molecule has 5 heteroatoms. The van der Waals surface area contributed by atoms with E-state index in [2.05, 4.69) is 47.8 Å². The first kappa shape index (κ1) is 13.2. The molecule has 1 atom stereocenters. The van der Waals surface area contributed by atoms with E-state index in [-0.39, 0.29) is 0 Å². The highest BCUT2D eigenvalue weighted by Gasteiger charge is 2.16. The van der Waals surface area contributed by atoms with Crippen molar-refractivity contribution in [3.63, 3.8) is 0 Å². The zero-order chi connectivity index (χ0) is 13.1. The van der Waals surface area contributed by atoms with E-state index in [1.165, 1.54) is 11.3 Å². The molecule has 98 valence electrons. The summed E-state index contributed by atoms with van der Waals surface area (Å²) in [6.07, 6.45) is 1.85. The van der Waals surface area contributed by atoms with Crippen LogP contribution >= 0.6 is 11.3 Å². The first-order valence-corrected chi connectivity index (χ1v) is 7.17. The summed E-state index contributed by atoms with van der Waals surface area (Å²) in [5.74, 6) is 0. The monoisotopic (exact) mass is 264 g/mol. The lowest BCUT2D eigenvalue weighted by Gasteiger charge is -2.14. The van der Waals surface area contributed by atoms with Crippen molar-refractivity contribution in [3.05, 3.63) is 33.5 Å². The first-order chi connectivity index (χ1) is 8.63. The molecule has 0 spiro atoms. The number of rotatable bonds is 5. The quantitative estimate of drug-likeness (QED) is 0.903. The van der Waals surface area contributed by atoms with Crippen LogP contribution in [0.4, 0.5) is 0 Å². The molecule has 0 aliphatic carbocycles. The van der Waals surface area contributed by atoms with Crippen LogP contribution < -0.4 is 5.32 Å². The number of nitrogens with zero attached hydrogens (tertiary/aromatic N) is 3. The summed E-state index contributed by atoms with van der Waals surface area (Å²) in [5.41, 5.74) is 3.69. The van der Waals surface area contributed by atoms with Crippen LogP contribution in [0.3, 0.4) is 0 Å². The molecule has 2 aromatic rings. The number of thiazole rings is 1. The Hall–Kier alpha value is -1.20. The van der Waals surface area contributed by atoms with Crippen molar-refractivity contribution in [1.82, 2.24) is 20.1 Å². The second kappa shape index (κ2) is 5.63. The minimum absolute atomic E-state index is 0.300. The summed E-state index contributed by atoms with van der Waals surface area (Å²) < 4.78 is 2.06. The van der Waals surface area contributed by atoms with Gasteiger partial charge < -0.3 is 5.32 Å². The second-order valence-electron chi connectivity index (χ2n) is 4.43. The fourth-order valence-electron chi connectivity index (χ4n) is 2.33. The predicted molar refractivity (Wildman–Crippen MR) is 74.7 cm³/mol. The van der Waals surface area contributed by atoms with Crippen molar-refractivity contribution in [3.8, 4) is 0 Å². The number of aromatic nitrogens is 3. The number of nitrogens with one attached hydrogen (secondary N) is 1. The number of aryl methyl sites for hydroxylation is 2. The molecule has 0 fully saturated rings. The van der Waals surface area contributed by atoms with Gasteiger partial charge in [0, 0.05) is 42.0 Å². The fourth-order valence-corrected chi connectivity index (χ4v) is 2.90. The van der Waals surface area contributed by atoms with E-state index in [1.54, 1.807) is 11.3 Å². The summed E-state index contributed by atoms with van der Waals surface area (Å²) in [5, 5.41) is 11.2. The first-order valence-electron chi connectivity index (χ1n) is 6.29. The van der Waals surface area contributed by atoms with Gasteiger partial charge in [-0.25, -0.2) is 4.98 Å². The van der Waals surface area contributed by atoms with E-state index in [1.807, 2.05) is 11.6 Å². The normalized spacial score (nSPS) is 12.9. The minimum atomic E-state index is 0.300. The Labute approximate surface area is 112 Å². The fraction of sp³-hybridized carbons (Fsp3) is 0.538. The van der Waals surface area contributed by atoms with Crippen LogP contribution in [0.1, 0.15) is 41.8 Å². The molecule has 0 aromatic carbocycles. The van der Waals surface area contributed by atoms with Gasteiger partial charge in [-0.3, -0.25) is 4.68 Å². The van der Waals surface area contributed by atoms with Gasteiger partial charge in [0.1, 0.15) is 5.01 Å². The van der Waals surface area contributed by atoms with Crippen LogP contribution in [0.5, 0.6) is 0 Å². The molecule has 2 aromatic heterocycles. The Bertz CT molecular complexity index is 501. The summed E-state index contributed by atoms with van der Waals surface area (Å²) in [6.45, 7) is 10.3. The van der Waals surface area contributed by atoms with Gasteiger partial charge in [-0.1, -0.05) is 0 Å². The van der Waals surface area contributed by atoms with Gasteiger partial charge in [0.2, 0.25) is 0 Å². The molecule has 4 nitrogen and oxygen atoms in total. The van der Waals surface area contributed by atoms with Crippen LogP contribution in [0, 0.1) is 13.8 Å². The molecule has 0 bridgehead atoms. The van der Waals surface area contributed by atoms with E-state index in [4.69, 9.17) is 0 Å². The van der Waals surface area contributed by atoms with E-state index >= 15 is 0 Å². The average Bonchev–Trinajstić information content (AvgIpc) is 2.94. The molecule has 1 unspecified atom stereocenters. The third-order valence-electron chi connectivity index (χ3n) is 3.21. The van der Waals surface area contributed by atoms with Crippen LogP contribution in [0.2, 0.25) is 0 Å². The van der Waals surface area contributed by atoms with E-state index in [0.717, 1.165) is 23.8 Å². The molecule has 1 N–H and O–H groups in total. The molecular formula is C13H20N4S. The van der Waals surface area contributed by atoms with Crippen molar-refractivity contribution in [2.75, 3.05) is 0 Å². The number of hydrogen-bond acceptors (Lipinski definition) is 4. The van der Waals surface area contributed by atoms with Crippen LogP contribution in [-0.4, -0.2) is 14.8 Å². The highest BCUT2D eigenvalue weighted by Crippen LogP contribution is 2.21. The van der Waals surface area contributed by atoms with Gasteiger partial charge in [-0.05, 0) is 27.7 Å². The van der Waals surface area contributed by atoms with Gasteiger partial charge in [0.25, 0.3) is 0 Å². The molecule has 18 heavy (non-hydrogen) atoms. The Morgan fingerprint density at radius 3 is 2.78 bits per heavy atom. The SMILES string of the molecule is CCn1nc(C)c(C(C)NCc2nccs2)c1C. The Morgan fingerprint density at radius 1 is 1.44 bits per heavy atom. The zero-order valence-corrected chi connectivity index (χ0v) is 12.2. The van der Waals surface area contributed by atoms with E-state index in [9.17, 15) is 0 Å². The molecule has 0 aliphatic rings. The van der Waals surface area contributed by atoms with Crippen LogP contribution in [0.25, 0.3) is 0 Å². The second-order valence-corrected chi connectivity index (χ2v) is 5.41. The smallest absolute Gasteiger partial charge is 0.106 e. The lowest BCUT2D eigenvalue weighted by Crippen LogP contribution is -2.19. The highest BCUT2D eigenvalue weighted by molar-refractivity contribution is 7.09. The van der Waals surface area contributed by atoms with Crippen molar-refractivity contribution < 1.29 is 0 Å². The van der Waals surface area contributed by atoms with E-state index < -0.39 is 0 Å². The molecule has 0 amide bonds. The zero-order valence-electron chi connectivity index (χ0n) is 11.4. The molecular weight excluding hydrogens is 244 g/mol.